The zero-order valence-electron chi connectivity index (χ0n) is 12.1. The average molecular weight is 320 g/mol. The highest BCUT2D eigenvalue weighted by molar-refractivity contribution is 9.10. The van der Waals surface area contributed by atoms with Crippen LogP contribution in [0.2, 0.25) is 0 Å². The zero-order chi connectivity index (χ0) is 14.0. The molecule has 0 aliphatic rings. The molecule has 2 heteroatoms. The third-order valence-electron chi connectivity index (χ3n) is 3.44. The lowest BCUT2D eigenvalue weighted by molar-refractivity contribution is 0.322. The van der Waals surface area contributed by atoms with Crippen LogP contribution < -0.4 is 5.32 Å². The van der Waals surface area contributed by atoms with E-state index in [2.05, 4.69) is 78.4 Å². The number of hydrogen-bond donors (Lipinski definition) is 1. The van der Waals surface area contributed by atoms with E-state index in [0.29, 0.717) is 11.5 Å². The first-order valence-corrected chi connectivity index (χ1v) is 7.56. The Labute approximate surface area is 124 Å². The Kier molecular flexibility index (Phi) is 4.32. The van der Waals surface area contributed by atoms with Crippen LogP contribution in [0.5, 0.6) is 0 Å². The molecule has 0 saturated heterocycles. The van der Waals surface area contributed by atoms with Crippen LogP contribution in [0.3, 0.4) is 0 Å². The first-order valence-electron chi connectivity index (χ1n) is 6.77. The number of halogens is 1. The minimum Gasteiger partial charge on any atom is -0.313 e. The summed E-state index contributed by atoms with van der Waals surface area (Å²) in [5.41, 5.74) is 1.69. The van der Waals surface area contributed by atoms with Crippen molar-refractivity contribution in [3.05, 3.63) is 46.4 Å². The maximum absolute atomic E-state index is 3.64. The van der Waals surface area contributed by atoms with Crippen molar-refractivity contribution in [2.24, 2.45) is 5.41 Å². The number of hydrogen-bond acceptors (Lipinski definition) is 1. The fourth-order valence-corrected chi connectivity index (χ4v) is 3.05. The summed E-state index contributed by atoms with van der Waals surface area (Å²) in [6, 6.07) is 13.4. The third kappa shape index (κ3) is 3.37. The second-order valence-corrected chi connectivity index (χ2v) is 7.14. The van der Waals surface area contributed by atoms with Gasteiger partial charge in [-0.25, -0.2) is 0 Å². The molecule has 19 heavy (non-hydrogen) atoms. The molecule has 1 nitrogen and oxygen atoms in total. The van der Waals surface area contributed by atoms with E-state index in [1.165, 1.54) is 16.3 Å². The SMILES string of the molecule is CNC(CC(C)(C)C)c1ccc(Br)c2ccccc12. The Morgan fingerprint density at radius 2 is 1.68 bits per heavy atom. The van der Waals surface area contributed by atoms with Gasteiger partial charge in [-0.3, -0.25) is 0 Å². The highest BCUT2D eigenvalue weighted by Crippen LogP contribution is 2.35. The lowest BCUT2D eigenvalue weighted by Crippen LogP contribution is -2.22. The van der Waals surface area contributed by atoms with Gasteiger partial charge >= 0.3 is 0 Å². The van der Waals surface area contributed by atoms with E-state index >= 15 is 0 Å². The van der Waals surface area contributed by atoms with E-state index in [-0.39, 0.29) is 0 Å². The molecule has 2 aromatic rings. The summed E-state index contributed by atoms with van der Waals surface area (Å²) in [7, 11) is 2.05. The van der Waals surface area contributed by atoms with Gasteiger partial charge in [-0.1, -0.05) is 67.0 Å². The first kappa shape index (κ1) is 14.5. The van der Waals surface area contributed by atoms with Crippen LogP contribution in [-0.2, 0) is 0 Å². The Hall–Kier alpha value is -0.860. The standard InChI is InChI=1S/C17H22BrN/c1-17(2,3)11-16(19-4)14-9-10-15(18)13-8-6-5-7-12(13)14/h5-10,16,19H,11H2,1-4H3. The van der Waals surface area contributed by atoms with Crippen molar-refractivity contribution in [1.29, 1.82) is 0 Å². The molecule has 102 valence electrons. The van der Waals surface area contributed by atoms with E-state index in [9.17, 15) is 0 Å². The molecule has 1 N–H and O–H groups in total. The molecule has 2 rings (SSSR count). The van der Waals surface area contributed by atoms with E-state index in [0.717, 1.165) is 10.9 Å². The molecule has 0 spiro atoms. The van der Waals surface area contributed by atoms with Crippen molar-refractivity contribution < 1.29 is 0 Å². The van der Waals surface area contributed by atoms with E-state index in [1.54, 1.807) is 0 Å². The molecule has 0 radical (unpaired) electrons. The van der Waals surface area contributed by atoms with Gasteiger partial charge < -0.3 is 5.32 Å². The molecule has 0 saturated carbocycles. The fraction of sp³-hybridized carbons (Fsp3) is 0.412. The van der Waals surface area contributed by atoms with Gasteiger partial charge in [-0.15, -0.1) is 0 Å². The molecule has 2 aromatic carbocycles. The molecular weight excluding hydrogens is 298 g/mol. The summed E-state index contributed by atoms with van der Waals surface area (Å²) < 4.78 is 1.16. The molecule has 0 aliphatic heterocycles. The summed E-state index contributed by atoms with van der Waals surface area (Å²) in [5, 5.41) is 6.09. The minimum absolute atomic E-state index is 0.307. The van der Waals surface area contributed by atoms with Crippen LogP contribution in [0, 0.1) is 5.41 Å². The molecule has 0 aliphatic carbocycles. The molecule has 0 fully saturated rings. The van der Waals surface area contributed by atoms with Crippen LogP contribution in [-0.4, -0.2) is 7.05 Å². The normalized spacial score (nSPS) is 13.7. The van der Waals surface area contributed by atoms with Gasteiger partial charge in [0.2, 0.25) is 0 Å². The minimum atomic E-state index is 0.307. The zero-order valence-corrected chi connectivity index (χ0v) is 13.7. The predicted octanol–water partition coefficient (Wildman–Crippen LogP) is 5.30. The van der Waals surface area contributed by atoms with Crippen LogP contribution in [0.4, 0.5) is 0 Å². The maximum Gasteiger partial charge on any atom is 0.0328 e. The summed E-state index contributed by atoms with van der Waals surface area (Å²) in [5.74, 6) is 0. The third-order valence-corrected chi connectivity index (χ3v) is 4.14. The van der Waals surface area contributed by atoms with Crippen molar-refractivity contribution in [3.63, 3.8) is 0 Å². The second-order valence-electron chi connectivity index (χ2n) is 6.29. The molecule has 0 aromatic heterocycles. The number of benzene rings is 2. The van der Waals surface area contributed by atoms with Gasteiger partial charge in [-0.05, 0) is 41.3 Å². The Morgan fingerprint density at radius 3 is 2.26 bits per heavy atom. The van der Waals surface area contributed by atoms with E-state index in [4.69, 9.17) is 0 Å². The largest absolute Gasteiger partial charge is 0.313 e. The average Bonchev–Trinajstić information content (AvgIpc) is 2.36. The molecule has 0 bridgehead atoms. The molecule has 0 amide bonds. The van der Waals surface area contributed by atoms with Crippen molar-refractivity contribution in [2.45, 2.75) is 33.2 Å². The van der Waals surface area contributed by atoms with Gasteiger partial charge in [0, 0.05) is 10.5 Å². The quantitative estimate of drug-likeness (QED) is 0.809. The number of nitrogens with one attached hydrogen (secondary N) is 1. The molecule has 1 unspecified atom stereocenters. The lowest BCUT2D eigenvalue weighted by atomic mass is 9.84. The molecule has 0 heterocycles. The van der Waals surface area contributed by atoms with Crippen LogP contribution >= 0.6 is 15.9 Å². The van der Waals surface area contributed by atoms with Gasteiger partial charge in [0.25, 0.3) is 0 Å². The van der Waals surface area contributed by atoms with Crippen molar-refractivity contribution in [1.82, 2.24) is 5.32 Å². The van der Waals surface area contributed by atoms with Crippen LogP contribution in [0.25, 0.3) is 10.8 Å². The van der Waals surface area contributed by atoms with Crippen LogP contribution in [0.1, 0.15) is 38.8 Å². The van der Waals surface area contributed by atoms with E-state index < -0.39 is 0 Å². The number of fused-ring (bicyclic) bond motifs is 1. The first-order chi connectivity index (χ1) is 8.92. The van der Waals surface area contributed by atoms with Crippen molar-refractivity contribution in [2.75, 3.05) is 7.05 Å². The second kappa shape index (κ2) is 5.64. The van der Waals surface area contributed by atoms with Crippen molar-refractivity contribution in [3.8, 4) is 0 Å². The lowest BCUT2D eigenvalue weighted by Gasteiger charge is -2.27. The Morgan fingerprint density at radius 1 is 1.05 bits per heavy atom. The smallest absolute Gasteiger partial charge is 0.0328 e. The summed E-state index contributed by atoms with van der Waals surface area (Å²) in [4.78, 5) is 0. The van der Waals surface area contributed by atoms with Gasteiger partial charge in [-0.2, -0.15) is 0 Å². The highest BCUT2D eigenvalue weighted by atomic mass is 79.9. The predicted molar refractivity (Wildman–Crippen MR) is 87.5 cm³/mol. The molecular formula is C17H22BrN. The van der Waals surface area contributed by atoms with Crippen LogP contribution in [0.15, 0.2) is 40.9 Å². The number of rotatable bonds is 3. The monoisotopic (exact) mass is 319 g/mol. The Bertz CT molecular complexity index is 569. The van der Waals surface area contributed by atoms with Gasteiger partial charge in [0.15, 0.2) is 0 Å². The van der Waals surface area contributed by atoms with Crippen molar-refractivity contribution >= 4 is 26.7 Å². The van der Waals surface area contributed by atoms with E-state index in [1.807, 2.05) is 7.05 Å². The van der Waals surface area contributed by atoms with Gasteiger partial charge in [0.05, 0.1) is 0 Å². The maximum atomic E-state index is 3.64. The summed E-state index contributed by atoms with van der Waals surface area (Å²) in [6.45, 7) is 6.87. The summed E-state index contributed by atoms with van der Waals surface area (Å²) in [6.07, 6.45) is 1.12. The van der Waals surface area contributed by atoms with Gasteiger partial charge in [0.1, 0.15) is 0 Å². The summed E-state index contributed by atoms with van der Waals surface area (Å²) >= 11 is 3.64. The fourth-order valence-electron chi connectivity index (χ4n) is 2.57. The highest BCUT2D eigenvalue weighted by Gasteiger charge is 2.20. The topological polar surface area (TPSA) is 12.0 Å². The Balaban J connectivity index is 2.52. The molecule has 1 atom stereocenters.